The van der Waals surface area contributed by atoms with E-state index in [0.717, 1.165) is 38.2 Å². The van der Waals surface area contributed by atoms with Crippen LogP contribution in [0.3, 0.4) is 0 Å². The Kier molecular flexibility index (Phi) is 7.52. The molecule has 2 aromatic heterocycles. The van der Waals surface area contributed by atoms with Gasteiger partial charge >= 0.3 is 12.1 Å². The van der Waals surface area contributed by atoms with E-state index in [1.54, 1.807) is 0 Å². The number of fused-ring (bicyclic) bond motifs is 2. The number of halogens is 3. The van der Waals surface area contributed by atoms with E-state index < -0.39 is 12.1 Å². The summed E-state index contributed by atoms with van der Waals surface area (Å²) in [6.07, 6.45) is -1.13. The number of hydrogen-bond acceptors (Lipinski definition) is 5. The fraction of sp³-hybridized carbons (Fsp3) is 0.381. The van der Waals surface area contributed by atoms with Crippen LogP contribution < -0.4 is 5.32 Å². The van der Waals surface area contributed by atoms with Crippen LogP contribution in [0.1, 0.15) is 26.8 Å². The summed E-state index contributed by atoms with van der Waals surface area (Å²) in [4.78, 5) is 29.3. The Morgan fingerprint density at radius 1 is 1.25 bits per heavy atom. The molecule has 1 aliphatic heterocycles. The topological polar surface area (TPSA) is 87.5 Å². The molecule has 0 spiro atoms. The van der Waals surface area contributed by atoms with Crippen LogP contribution in [0.2, 0.25) is 0 Å². The summed E-state index contributed by atoms with van der Waals surface area (Å²) in [5, 5.41) is 12.0. The summed E-state index contributed by atoms with van der Waals surface area (Å²) in [7, 11) is 2.10. The lowest BCUT2D eigenvalue weighted by Crippen LogP contribution is -2.26. The van der Waals surface area contributed by atoms with Crippen LogP contribution in [0, 0.1) is 0 Å². The number of likely N-dealkylation sites (N-methyl/N-ethyl adjacent to an activating group) is 1. The minimum Gasteiger partial charge on any atom is -0.475 e. The van der Waals surface area contributed by atoms with Gasteiger partial charge in [0.05, 0.1) is 5.69 Å². The van der Waals surface area contributed by atoms with Gasteiger partial charge in [-0.3, -0.25) is 4.79 Å². The van der Waals surface area contributed by atoms with Gasteiger partial charge in [-0.1, -0.05) is 18.2 Å². The number of aryl methyl sites for hydroxylation is 1. The van der Waals surface area contributed by atoms with Gasteiger partial charge in [0.15, 0.2) is 5.01 Å². The molecule has 0 saturated heterocycles. The number of carbonyl (C=O) groups is 2. The van der Waals surface area contributed by atoms with Gasteiger partial charge in [0, 0.05) is 49.2 Å². The standard InChI is InChI=1S/C19H22N4OS.C2HF3O2/c1-22-11-8-15-17(13-22)25-19(21-15)18(24)20-9-4-10-23-12-7-14-5-2-3-6-16(14)23;3-2(4,5)1(6)7/h2-3,5-7,12H,4,8-11,13H2,1H3,(H,20,24);(H,6,7). The van der Waals surface area contributed by atoms with Crippen molar-refractivity contribution in [3.05, 3.63) is 52.1 Å². The highest BCUT2D eigenvalue weighted by atomic mass is 32.1. The highest BCUT2D eigenvalue weighted by molar-refractivity contribution is 7.13. The van der Waals surface area contributed by atoms with Crippen molar-refractivity contribution in [2.24, 2.45) is 0 Å². The Morgan fingerprint density at radius 3 is 2.69 bits per heavy atom. The Bertz CT molecular complexity index is 1090. The molecule has 7 nitrogen and oxygen atoms in total. The fourth-order valence-corrected chi connectivity index (χ4v) is 4.39. The number of nitrogens with zero attached hydrogens (tertiary/aromatic N) is 3. The van der Waals surface area contributed by atoms with E-state index in [0.29, 0.717) is 11.6 Å². The highest BCUT2D eigenvalue weighted by Gasteiger charge is 2.38. The molecule has 0 radical (unpaired) electrons. The number of alkyl halides is 3. The number of carbonyl (C=O) groups excluding carboxylic acids is 1. The summed E-state index contributed by atoms with van der Waals surface area (Å²) in [5.74, 6) is -2.80. The van der Waals surface area contributed by atoms with Crippen LogP contribution >= 0.6 is 11.3 Å². The van der Waals surface area contributed by atoms with Crippen LogP contribution in [0.15, 0.2) is 36.5 Å². The smallest absolute Gasteiger partial charge is 0.475 e. The second-order valence-electron chi connectivity index (χ2n) is 7.36. The number of para-hydroxylation sites is 1. The predicted octanol–water partition coefficient (Wildman–Crippen LogP) is 3.54. The average Bonchev–Trinajstić information content (AvgIpc) is 3.34. The number of benzene rings is 1. The van der Waals surface area contributed by atoms with Gasteiger partial charge in [-0.2, -0.15) is 13.2 Å². The first-order chi connectivity index (χ1) is 15.1. The van der Waals surface area contributed by atoms with Gasteiger partial charge in [-0.25, -0.2) is 9.78 Å². The molecule has 1 amide bonds. The maximum absolute atomic E-state index is 12.3. The Morgan fingerprint density at radius 2 is 1.97 bits per heavy atom. The van der Waals surface area contributed by atoms with Crippen molar-refractivity contribution in [3.8, 4) is 0 Å². The van der Waals surface area contributed by atoms with E-state index in [1.165, 1.54) is 27.1 Å². The zero-order valence-corrected chi connectivity index (χ0v) is 18.2. The average molecular weight is 469 g/mol. The molecule has 0 aliphatic carbocycles. The zero-order valence-electron chi connectivity index (χ0n) is 17.4. The monoisotopic (exact) mass is 468 g/mol. The minimum absolute atomic E-state index is 0.0422. The normalized spacial score (nSPS) is 13.9. The molecule has 3 aromatic rings. The van der Waals surface area contributed by atoms with Gasteiger partial charge in [0.1, 0.15) is 0 Å². The van der Waals surface area contributed by atoms with Gasteiger partial charge < -0.3 is 19.9 Å². The number of hydrogen-bond donors (Lipinski definition) is 2. The maximum atomic E-state index is 12.3. The van der Waals surface area contributed by atoms with Crippen molar-refractivity contribution in [3.63, 3.8) is 0 Å². The predicted molar refractivity (Wildman–Crippen MR) is 115 cm³/mol. The molecule has 0 unspecified atom stereocenters. The summed E-state index contributed by atoms with van der Waals surface area (Å²) in [6.45, 7) is 3.48. The lowest BCUT2D eigenvalue weighted by Gasteiger charge is -2.20. The molecule has 4 rings (SSSR count). The zero-order chi connectivity index (χ0) is 23.3. The Labute approximate surface area is 186 Å². The first kappa shape index (κ1) is 23.7. The van der Waals surface area contributed by atoms with Gasteiger partial charge in [0.25, 0.3) is 5.91 Å². The van der Waals surface area contributed by atoms with Crippen LogP contribution in [-0.2, 0) is 24.3 Å². The number of aromatic nitrogens is 2. The van der Waals surface area contributed by atoms with Crippen molar-refractivity contribution in [2.45, 2.75) is 32.1 Å². The Hall–Kier alpha value is -2.92. The van der Waals surface area contributed by atoms with Crippen molar-refractivity contribution in [1.82, 2.24) is 19.8 Å². The van der Waals surface area contributed by atoms with Crippen molar-refractivity contribution in [2.75, 3.05) is 20.1 Å². The third kappa shape index (κ3) is 6.07. The fourth-order valence-electron chi connectivity index (χ4n) is 3.28. The molecular formula is C21H23F3N4O3S. The lowest BCUT2D eigenvalue weighted by atomic mass is 10.2. The van der Waals surface area contributed by atoms with Crippen LogP contribution in [0.5, 0.6) is 0 Å². The molecule has 0 fully saturated rings. The summed E-state index contributed by atoms with van der Waals surface area (Å²) < 4.78 is 34.0. The van der Waals surface area contributed by atoms with Crippen molar-refractivity contribution in [1.29, 1.82) is 0 Å². The third-order valence-electron chi connectivity index (χ3n) is 4.90. The van der Waals surface area contributed by atoms with Gasteiger partial charge in [-0.15, -0.1) is 11.3 Å². The summed E-state index contributed by atoms with van der Waals surface area (Å²) in [6, 6.07) is 10.5. The largest absolute Gasteiger partial charge is 0.490 e. The molecule has 0 bridgehead atoms. The number of nitrogens with one attached hydrogen (secondary N) is 1. The summed E-state index contributed by atoms with van der Waals surface area (Å²) >= 11 is 1.53. The second-order valence-corrected chi connectivity index (χ2v) is 8.44. The first-order valence-corrected chi connectivity index (χ1v) is 10.8. The Balaban J connectivity index is 0.000000360. The molecular weight excluding hydrogens is 445 g/mol. The number of aliphatic carboxylic acids is 1. The maximum Gasteiger partial charge on any atom is 0.490 e. The minimum atomic E-state index is -5.08. The quantitative estimate of drug-likeness (QED) is 0.560. The molecule has 1 aromatic carbocycles. The first-order valence-electron chi connectivity index (χ1n) is 9.94. The molecule has 0 saturated carbocycles. The van der Waals surface area contributed by atoms with E-state index >= 15 is 0 Å². The highest BCUT2D eigenvalue weighted by Crippen LogP contribution is 2.24. The van der Waals surface area contributed by atoms with Crippen LogP contribution in [0.4, 0.5) is 13.2 Å². The molecule has 11 heteroatoms. The van der Waals surface area contributed by atoms with E-state index in [2.05, 4.69) is 63.3 Å². The van der Waals surface area contributed by atoms with E-state index in [9.17, 15) is 18.0 Å². The second kappa shape index (κ2) is 10.1. The number of carboxylic acids is 1. The van der Waals surface area contributed by atoms with E-state index in [4.69, 9.17) is 9.90 Å². The third-order valence-corrected chi connectivity index (χ3v) is 5.98. The van der Waals surface area contributed by atoms with Crippen molar-refractivity contribution < 1.29 is 27.9 Å². The van der Waals surface area contributed by atoms with Gasteiger partial charge in [-0.05, 0) is 31.0 Å². The molecule has 172 valence electrons. The SMILES string of the molecule is CN1CCc2nc(C(=O)NCCCn3ccc4ccccc43)sc2C1.O=C(O)C(F)(F)F. The molecule has 3 heterocycles. The number of thiazole rings is 1. The van der Waals surface area contributed by atoms with Crippen LogP contribution in [-0.4, -0.2) is 57.7 Å². The van der Waals surface area contributed by atoms with E-state index in [1.807, 2.05) is 0 Å². The number of amides is 1. The molecule has 1 aliphatic rings. The van der Waals surface area contributed by atoms with Gasteiger partial charge in [0.2, 0.25) is 0 Å². The number of carboxylic acid groups (broad SMARTS) is 1. The molecule has 32 heavy (non-hydrogen) atoms. The van der Waals surface area contributed by atoms with Crippen molar-refractivity contribution >= 4 is 34.1 Å². The van der Waals surface area contributed by atoms with E-state index in [-0.39, 0.29) is 5.91 Å². The summed E-state index contributed by atoms with van der Waals surface area (Å²) in [5.41, 5.74) is 2.35. The van der Waals surface area contributed by atoms with Crippen LogP contribution in [0.25, 0.3) is 10.9 Å². The molecule has 2 N–H and O–H groups in total. The number of rotatable bonds is 5. The molecule has 0 atom stereocenters. The lowest BCUT2D eigenvalue weighted by molar-refractivity contribution is -0.192.